The minimum absolute atomic E-state index is 0.0837. The second-order valence-corrected chi connectivity index (χ2v) is 9.09. The maximum Gasteiger partial charge on any atom is 0.350 e. The highest BCUT2D eigenvalue weighted by atomic mass is 32.2. The molecule has 1 rings (SSSR count). The number of rotatable bonds is 15. The van der Waals surface area contributed by atoms with E-state index in [1.54, 1.807) is 30.5 Å². The molecule has 168 valence electrons. The van der Waals surface area contributed by atoms with Gasteiger partial charge in [-0.25, -0.2) is 13.2 Å². The summed E-state index contributed by atoms with van der Waals surface area (Å²) in [7, 11) is -3.95. The predicted octanol–water partition coefficient (Wildman–Crippen LogP) is 5.49. The first kappa shape index (κ1) is 26.0. The average molecular weight is 436 g/mol. The standard InChI is InChI=1S/C24H37NO4S/c1-4-7-8-9-10-11-15-21-29-24(26)23(19-16-20-25(5-2)6-3)30(27,28)22-17-13-12-14-18-22/h12-14,16-20H,4-11,15,21H2,1-3H3/b20-16+,23-19+. The summed E-state index contributed by atoms with van der Waals surface area (Å²) in [6.07, 6.45) is 12.4. The molecule has 0 heterocycles. The fourth-order valence-corrected chi connectivity index (χ4v) is 4.28. The van der Waals surface area contributed by atoms with E-state index in [0.717, 1.165) is 32.4 Å². The summed E-state index contributed by atoms with van der Waals surface area (Å²) in [6.45, 7) is 8.03. The highest BCUT2D eigenvalue weighted by Gasteiger charge is 2.27. The Labute approximate surface area is 182 Å². The smallest absolute Gasteiger partial charge is 0.350 e. The number of esters is 1. The number of hydrogen-bond donors (Lipinski definition) is 0. The fourth-order valence-electron chi connectivity index (χ4n) is 2.98. The molecule has 0 aliphatic rings. The molecule has 0 saturated carbocycles. The van der Waals surface area contributed by atoms with Crippen LogP contribution in [-0.4, -0.2) is 39.0 Å². The molecule has 0 aliphatic heterocycles. The molecule has 0 unspecified atom stereocenters. The highest BCUT2D eigenvalue weighted by molar-refractivity contribution is 7.96. The van der Waals surface area contributed by atoms with Crippen LogP contribution in [-0.2, 0) is 19.4 Å². The molecule has 30 heavy (non-hydrogen) atoms. The van der Waals surface area contributed by atoms with Crippen molar-refractivity contribution in [3.63, 3.8) is 0 Å². The van der Waals surface area contributed by atoms with E-state index < -0.39 is 15.8 Å². The number of ether oxygens (including phenoxy) is 1. The summed E-state index contributed by atoms with van der Waals surface area (Å²) in [5, 5.41) is 0. The molecule has 5 nitrogen and oxygen atoms in total. The lowest BCUT2D eigenvalue weighted by Gasteiger charge is -2.14. The summed E-state index contributed by atoms with van der Waals surface area (Å²) in [4.78, 5) is 14.4. The molecular formula is C24H37NO4S. The normalized spacial score (nSPS) is 12.3. The zero-order valence-electron chi connectivity index (χ0n) is 18.7. The van der Waals surface area contributed by atoms with E-state index in [4.69, 9.17) is 4.74 Å². The molecule has 0 bridgehead atoms. The SMILES string of the molecule is CCCCCCCCCOC(=O)/C(=C\C=C\N(CC)CC)S(=O)(=O)c1ccccc1. The maximum atomic E-state index is 13.0. The lowest BCUT2D eigenvalue weighted by molar-refractivity contribution is -0.138. The minimum atomic E-state index is -3.95. The van der Waals surface area contributed by atoms with E-state index in [1.165, 1.54) is 43.9 Å². The van der Waals surface area contributed by atoms with Crippen LogP contribution < -0.4 is 0 Å². The van der Waals surface area contributed by atoms with Gasteiger partial charge in [0.05, 0.1) is 11.5 Å². The van der Waals surface area contributed by atoms with Gasteiger partial charge in [0.1, 0.15) is 0 Å². The highest BCUT2D eigenvalue weighted by Crippen LogP contribution is 2.21. The Kier molecular flexibility index (Phi) is 12.8. The summed E-state index contributed by atoms with van der Waals surface area (Å²) in [6, 6.07) is 7.99. The molecule has 0 aliphatic carbocycles. The number of nitrogens with zero attached hydrogens (tertiary/aromatic N) is 1. The summed E-state index contributed by atoms with van der Waals surface area (Å²) in [5.41, 5.74) is 0. The minimum Gasteiger partial charge on any atom is -0.462 e. The van der Waals surface area contributed by atoms with E-state index in [-0.39, 0.29) is 16.4 Å². The second-order valence-electron chi connectivity index (χ2n) is 7.17. The van der Waals surface area contributed by atoms with Crippen LogP contribution in [0.5, 0.6) is 0 Å². The van der Waals surface area contributed by atoms with Gasteiger partial charge < -0.3 is 9.64 Å². The van der Waals surface area contributed by atoms with Gasteiger partial charge in [-0.05, 0) is 50.8 Å². The average Bonchev–Trinajstić information content (AvgIpc) is 2.76. The Bertz CT molecular complexity index is 766. The molecule has 0 atom stereocenters. The molecule has 0 saturated heterocycles. The molecule has 0 fully saturated rings. The summed E-state index contributed by atoms with van der Waals surface area (Å²) in [5.74, 6) is -0.797. The van der Waals surface area contributed by atoms with Crippen molar-refractivity contribution in [1.29, 1.82) is 0 Å². The van der Waals surface area contributed by atoms with Crippen molar-refractivity contribution in [1.82, 2.24) is 4.90 Å². The third kappa shape index (κ3) is 9.16. The number of unbranched alkanes of at least 4 members (excludes halogenated alkanes) is 6. The van der Waals surface area contributed by atoms with Crippen LogP contribution in [0.15, 0.2) is 58.5 Å². The Morgan fingerprint density at radius 1 is 0.933 bits per heavy atom. The maximum absolute atomic E-state index is 13.0. The van der Waals surface area contributed by atoms with Crippen LogP contribution >= 0.6 is 0 Å². The zero-order chi connectivity index (χ0) is 22.2. The van der Waals surface area contributed by atoms with Gasteiger partial charge in [-0.2, -0.15) is 0 Å². The Hall–Kier alpha value is -2.08. The van der Waals surface area contributed by atoms with Crippen molar-refractivity contribution < 1.29 is 17.9 Å². The van der Waals surface area contributed by atoms with Gasteiger partial charge in [0.25, 0.3) is 0 Å². The number of carbonyl (C=O) groups excluding carboxylic acids is 1. The number of benzene rings is 1. The van der Waals surface area contributed by atoms with Crippen LogP contribution in [0.25, 0.3) is 0 Å². The third-order valence-electron chi connectivity index (χ3n) is 4.88. The number of hydrogen-bond acceptors (Lipinski definition) is 5. The van der Waals surface area contributed by atoms with Crippen LogP contribution in [0, 0.1) is 0 Å². The van der Waals surface area contributed by atoms with Crippen molar-refractivity contribution in [3.8, 4) is 0 Å². The van der Waals surface area contributed by atoms with Crippen LogP contribution in [0.3, 0.4) is 0 Å². The summed E-state index contributed by atoms with van der Waals surface area (Å²) >= 11 is 0. The molecule has 0 spiro atoms. The molecule has 0 aromatic heterocycles. The van der Waals surface area contributed by atoms with Gasteiger partial charge in [0.15, 0.2) is 4.91 Å². The van der Waals surface area contributed by atoms with Gasteiger partial charge in [0.2, 0.25) is 9.84 Å². The fraction of sp³-hybridized carbons (Fsp3) is 0.542. The van der Waals surface area contributed by atoms with E-state index in [1.807, 2.05) is 18.7 Å². The lowest BCUT2D eigenvalue weighted by atomic mass is 10.1. The van der Waals surface area contributed by atoms with Gasteiger partial charge in [0, 0.05) is 13.1 Å². The van der Waals surface area contributed by atoms with Gasteiger partial charge >= 0.3 is 5.97 Å². The molecule has 0 N–H and O–H groups in total. The van der Waals surface area contributed by atoms with E-state index in [0.29, 0.717) is 0 Å². The van der Waals surface area contributed by atoms with E-state index in [9.17, 15) is 13.2 Å². The van der Waals surface area contributed by atoms with Crippen LogP contribution in [0.1, 0.15) is 65.7 Å². The molecular weight excluding hydrogens is 398 g/mol. The Morgan fingerprint density at radius 2 is 1.53 bits per heavy atom. The molecule has 1 aromatic rings. The number of sulfone groups is 1. The van der Waals surface area contributed by atoms with Crippen molar-refractivity contribution in [2.24, 2.45) is 0 Å². The first-order valence-corrected chi connectivity index (χ1v) is 12.5. The van der Waals surface area contributed by atoms with Crippen molar-refractivity contribution in [2.75, 3.05) is 19.7 Å². The first-order valence-electron chi connectivity index (χ1n) is 11.1. The first-order chi connectivity index (χ1) is 14.5. The van der Waals surface area contributed by atoms with Crippen LogP contribution in [0.4, 0.5) is 0 Å². The topological polar surface area (TPSA) is 63.7 Å². The monoisotopic (exact) mass is 435 g/mol. The number of carbonyl (C=O) groups is 1. The van der Waals surface area contributed by atoms with Gasteiger partial charge in [-0.3, -0.25) is 0 Å². The second kappa shape index (κ2) is 14.8. The summed E-state index contributed by atoms with van der Waals surface area (Å²) < 4.78 is 31.3. The largest absolute Gasteiger partial charge is 0.462 e. The molecule has 1 aromatic carbocycles. The van der Waals surface area contributed by atoms with Crippen LogP contribution in [0.2, 0.25) is 0 Å². The Balaban J connectivity index is 2.82. The van der Waals surface area contributed by atoms with Gasteiger partial charge in [-0.15, -0.1) is 0 Å². The van der Waals surface area contributed by atoms with Crippen molar-refractivity contribution in [3.05, 3.63) is 53.6 Å². The molecule has 6 heteroatoms. The van der Waals surface area contributed by atoms with Crippen molar-refractivity contribution in [2.45, 2.75) is 70.6 Å². The quantitative estimate of drug-likeness (QED) is 0.158. The zero-order valence-corrected chi connectivity index (χ0v) is 19.5. The number of allylic oxidation sites excluding steroid dienone is 2. The molecule has 0 radical (unpaired) electrons. The predicted molar refractivity (Wildman–Crippen MR) is 123 cm³/mol. The lowest BCUT2D eigenvalue weighted by Crippen LogP contribution is -2.18. The molecule has 0 amide bonds. The van der Waals surface area contributed by atoms with E-state index in [2.05, 4.69) is 6.92 Å². The third-order valence-corrected chi connectivity index (χ3v) is 6.66. The van der Waals surface area contributed by atoms with Crippen molar-refractivity contribution >= 4 is 15.8 Å². The van der Waals surface area contributed by atoms with E-state index >= 15 is 0 Å². The van der Waals surface area contributed by atoms with Gasteiger partial charge in [-0.1, -0.05) is 63.6 Å². The Morgan fingerprint density at radius 3 is 2.13 bits per heavy atom.